The highest BCUT2D eigenvalue weighted by atomic mass is 79.9. The smallest absolute Gasteiger partial charge is 0.286 e. The number of halogens is 1. The van der Waals surface area contributed by atoms with Crippen molar-refractivity contribution >= 4 is 27.7 Å². The van der Waals surface area contributed by atoms with E-state index in [1.54, 1.807) is 23.9 Å². The normalized spacial score (nSPS) is 10.2. The highest BCUT2D eigenvalue weighted by molar-refractivity contribution is 9.10. The van der Waals surface area contributed by atoms with Gasteiger partial charge in [0.15, 0.2) is 0 Å². The fourth-order valence-electron chi connectivity index (χ4n) is 2.04. The Morgan fingerprint density at radius 2 is 1.91 bits per heavy atom. The molecule has 0 aliphatic carbocycles. The van der Waals surface area contributed by atoms with E-state index in [9.17, 15) is 9.59 Å². The lowest BCUT2D eigenvalue weighted by atomic mass is 10.1. The van der Waals surface area contributed by atoms with E-state index >= 15 is 0 Å². The van der Waals surface area contributed by atoms with E-state index in [-0.39, 0.29) is 18.2 Å². The third-order valence-corrected chi connectivity index (χ3v) is 3.55. The molecule has 0 fully saturated rings. The van der Waals surface area contributed by atoms with Crippen molar-refractivity contribution in [3.63, 3.8) is 0 Å². The molecule has 2 N–H and O–H groups in total. The molecule has 2 aromatic rings. The van der Waals surface area contributed by atoms with Gasteiger partial charge in [0.05, 0.1) is 13.0 Å². The van der Waals surface area contributed by atoms with Crippen molar-refractivity contribution < 1.29 is 14.3 Å². The summed E-state index contributed by atoms with van der Waals surface area (Å²) in [4.78, 5) is 23.8. The minimum atomic E-state index is -0.377. The van der Waals surface area contributed by atoms with Gasteiger partial charge in [-0.3, -0.25) is 20.4 Å². The minimum Gasteiger partial charge on any atom is -0.494 e. The van der Waals surface area contributed by atoms with E-state index in [2.05, 4.69) is 26.8 Å². The van der Waals surface area contributed by atoms with E-state index in [0.29, 0.717) is 12.3 Å². The van der Waals surface area contributed by atoms with E-state index < -0.39 is 0 Å². The molecule has 0 radical (unpaired) electrons. The molecular formula is C16H18BrN3O3. The van der Waals surface area contributed by atoms with Crippen molar-refractivity contribution in [1.82, 2.24) is 15.4 Å². The van der Waals surface area contributed by atoms with Gasteiger partial charge in [-0.2, -0.15) is 0 Å². The second-order valence-electron chi connectivity index (χ2n) is 4.91. The Balaban J connectivity index is 1.85. The van der Waals surface area contributed by atoms with E-state index in [0.717, 1.165) is 15.8 Å². The highest BCUT2D eigenvalue weighted by Gasteiger charge is 2.12. The zero-order valence-electron chi connectivity index (χ0n) is 12.9. The summed E-state index contributed by atoms with van der Waals surface area (Å²) in [6, 6.07) is 8.94. The van der Waals surface area contributed by atoms with Crippen LogP contribution < -0.4 is 15.6 Å². The first-order valence-electron chi connectivity index (χ1n) is 7.12. The molecule has 6 nitrogen and oxygen atoms in total. The van der Waals surface area contributed by atoms with E-state index in [4.69, 9.17) is 4.74 Å². The standard InChI is InChI=1S/C16H18BrN3O3/c1-3-23-13-6-4-11(5-7-13)8-15(21)18-19-16(22)14-9-12(17)10-20(14)2/h4-7,9-10H,3,8H2,1-2H3,(H,18,21)(H,19,22). The molecule has 2 rings (SSSR count). The van der Waals surface area contributed by atoms with Gasteiger partial charge in [-0.25, -0.2) is 0 Å². The second-order valence-corrected chi connectivity index (χ2v) is 5.83. The molecule has 7 heteroatoms. The molecule has 1 aromatic carbocycles. The summed E-state index contributed by atoms with van der Waals surface area (Å²) in [6.45, 7) is 2.51. The van der Waals surface area contributed by atoms with Crippen LogP contribution in [0, 0.1) is 0 Å². The molecule has 1 heterocycles. The molecular weight excluding hydrogens is 362 g/mol. The maximum atomic E-state index is 12.0. The average Bonchev–Trinajstić information content (AvgIpc) is 2.86. The zero-order valence-corrected chi connectivity index (χ0v) is 14.5. The number of ether oxygens (including phenoxy) is 1. The zero-order chi connectivity index (χ0) is 16.8. The minimum absolute atomic E-state index is 0.170. The molecule has 0 saturated heterocycles. The number of carbonyl (C=O) groups excluding carboxylic acids is 2. The van der Waals surface area contributed by atoms with Gasteiger partial charge < -0.3 is 9.30 Å². The number of hydrogen-bond acceptors (Lipinski definition) is 3. The Hall–Kier alpha value is -2.28. The number of amides is 2. The van der Waals surface area contributed by atoms with E-state index in [1.165, 1.54) is 0 Å². The fourth-order valence-corrected chi connectivity index (χ4v) is 2.56. The van der Waals surface area contributed by atoms with Gasteiger partial charge in [-0.15, -0.1) is 0 Å². The van der Waals surface area contributed by atoms with Crippen molar-refractivity contribution in [2.75, 3.05) is 6.61 Å². The van der Waals surface area contributed by atoms with Gasteiger partial charge in [0.1, 0.15) is 11.4 Å². The van der Waals surface area contributed by atoms with Crippen LogP contribution >= 0.6 is 15.9 Å². The van der Waals surface area contributed by atoms with Crippen LogP contribution in [-0.2, 0) is 18.3 Å². The van der Waals surface area contributed by atoms with Gasteiger partial charge in [0, 0.05) is 17.7 Å². The Kier molecular flexibility index (Phi) is 5.81. The topological polar surface area (TPSA) is 72.4 Å². The van der Waals surface area contributed by atoms with Crippen LogP contribution in [0.3, 0.4) is 0 Å². The summed E-state index contributed by atoms with van der Waals surface area (Å²) in [7, 11) is 1.75. The highest BCUT2D eigenvalue weighted by Crippen LogP contribution is 2.13. The number of rotatable bonds is 5. The summed E-state index contributed by atoms with van der Waals surface area (Å²) in [5.41, 5.74) is 6.09. The summed E-state index contributed by atoms with van der Waals surface area (Å²) in [5.74, 6) is 0.0910. The van der Waals surface area contributed by atoms with Gasteiger partial charge in [0.25, 0.3) is 5.91 Å². The number of nitrogens with one attached hydrogen (secondary N) is 2. The van der Waals surface area contributed by atoms with Gasteiger partial charge >= 0.3 is 0 Å². The lowest BCUT2D eigenvalue weighted by Crippen LogP contribution is -2.42. The van der Waals surface area contributed by atoms with E-state index in [1.807, 2.05) is 31.2 Å². The Bertz CT molecular complexity index is 695. The molecule has 0 atom stereocenters. The number of aromatic nitrogens is 1. The average molecular weight is 380 g/mol. The van der Waals surface area contributed by atoms with Crippen molar-refractivity contribution in [2.45, 2.75) is 13.3 Å². The van der Waals surface area contributed by atoms with Crippen molar-refractivity contribution in [3.8, 4) is 5.75 Å². The maximum Gasteiger partial charge on any atom is 0.286 e. The number of hydrazine groups is 1. The Labute approximate surface area is 142 Å². The first kappa shape index (κ1) is 17.1. The van der Waals surface area contributed by atoms with Crippen LogP contribution in [0.5, 0.6) is 5.75 Å². The quantitative estimate of drug-likeness (QED) is 0.782. The first-order chi connectivity index (χ1) is 11.0. The first-order valence-corrected chi connectivity index (χ1v) is 7.91. The molecule has 0 aliphatic heterocycles. The molecule has 2 amide bonds. The molecule has 0 spiro atoms. The molecule has 0 bridgehead atoms. The molecule has 0 aliphatic rings. The number of nitrogens with zero attached hydrogens (tertiary/aromatic N) is 1. The SMILES string of the molecule is CCOc1ccc(CC(=O)NNC(=O)c2cc(Br)cn2C)cc1. The number of benzene rings is 1. The molecule has 1 aromatic heterocycles. The molecule has 0 saturated carbocycles. The van der Waals surface area contributed by atoms with Crippen LogP contribution in [0.15, 0.2) is 41.0 Å². The van der Waals surface area contributed by atoms with Crippen molar-refractivity contribution in [2.24, 2.45) is 7.05 Å². The third-order valence-electron chi connectivity index (χ3n) is 3.12. The van der Waals surface area contributed by atoms with Crippen LogP contribution in [0.2, 0.25) is 0 Å². The van der Waals surface area contributed by atoms with Crippen molar-refractivity contribution in [1.29, 1.82) is 0 Å². The van der Waals surface area contributed by atoms with Crippen LogP contribution in [0.1, 0.15) is 23.0 Å². The summed E-state index contributed by atoms with van der Waals surface area (Å²) >= 11 is 3.29. The van der Waals surface area contributed by atoms with Crippen molar-refractivity contribution in [3.05, 3.63) is 52.3 Å². The molecule has 122 valence electrons. The van der Waals surface area contributed by atoms with Crippen LogP contribution in [0.25, 0.3) is 0 Å². The van der Waals surface area contributed by atoms with Crippen LogP contribution in [0.4, 0.5) is 0 Å². The maximum absolute atomic E-state index is 12.0. The Morgan fingerprint density at radius 3 is 2.48 bits per heavy atom. The summed E-state index contributed by atoms with van der Waals surface area (Å²) in [6.07, 6.45) is 1.93. The lowest BCUT2D eigenvalue weighted by molar-refractivity contribution is -0.121. The second kappa shape index (κ2) is 7.82. The van der Waals surface area contributed by atoms with Gasteiger partial charge in [-0.1, -0.05) is 12.1 Å². The summed E-state index contributed by atoms with van der Waals surface area (Å²) in [5, 5.41) is 0. The number of hydrogen-bond donors (Lipinski definition) is 2. The predicted molar refractivity (Wildman–Crippen MR) is 90.0 cm³/mol. The molecule has 0 unspecified atom stereocenters. The summed E-state index contributed by atoms with van der Waals surface area (Å²) < 4.78 is 7.81. The lowest BCUT2D eigenvalue weighted by Gasteiger charge is -2.08. The monoisotopic (exact) mass is 379 g/mol. The fraction of sp³-hybridized carbons (Fsp3) is 0.250. The number of aryl methyl sites for hydroxylation is 1. The third kappa shape index (κ3) is 4.85. The van der Waals surface area contributed by atoms with Crippen LogP contribution in [-0.4, -0.2) is 23.0 Å². The van der Waals surface area contributed by atoms with Gasteiger partial charge in [0.2, 0.25) is 5.91 Å². The largest absolute Gasteiger partial charge is 0.494 e. The Morgan fingerprint density at radius 1 is 1.22 bits per heavy atom. The van der Waals surface area contributed by atoms with Gasteiger partial charge in [-0.05, 0) is 46.6 Å². The molecule has 23 heavy (non-hydrogen) atoms. The predicted octanol–water partition coefficient (Wildman–Crippen LogP) is 2.19. The number of carbonyl (C=O) groups is 2.